The molecule has 20 heavy (non-hydrogen) atoms. The molecule has 0 aromatic carbocycles. The summed E-state index contributed by atoms with van der Waals surface area (Å²) in [7, 11) is 2.14. The number of amides is 1. The molecule has 0 aromatic rings. The topological polar surface area (TPSA) is 23.6 Å². The molecule has 3 nitrogen and oxygen atoms in total. The lowest BCUT2D eigenvalue weighted by atomic mass is 9.49. The van der Waals surface area contributed by atoms with Gasteiger partial charge in [0.1, 0.15) is 0 Å². The highest BCUT2D eigenvalue weighted by Crippen LogP contribution is 2.64. The van der Waals surface area contributed by atoms with E-state index in [9.17, 15) is 4.79 Å². The van der Waals surface area contributed by atoms with Crippen LogP contribution in [-0.4, -0.2) is 53.8 Å². The van der Waals surface area contributed by atoms with E-state index in [-0.39, 0.29) is 10.3 Å². The van der Waals surface area contributed by atoms with Gasteiger partial charge < -0.3 is 9.80 Å². The summed E-state index contributed by atoms with van der Waals surface area (Å²) in [5.41, 5.74) is -0.0955. The number of carbonyl (C=O) groups excluding carboxylic acids is 1. The Kier molecular flexibility index (Phi) is 2.92. The first-order chi connectivity index (χ1) is 9.48. The van der Waals surface area contributed by atoms with Crippen LogP contribution in [0.1, 0.15) is 38.5 Å². The Hall–Kier alpha value is -0.280. The van der Waals surface area contributed by atoms with Gasteiger partial charge in [0.05, 0.1) is 5.41 Å². The lowest BCUT2D eigenvalue weighted by Crippen LogP contribution is -2.61. The molecule has 1 aliphatic heterocycles. The van der Waals surface area contributed by atoms with Crippen LogP contribution in [0.25, 0.3) is 0 Å². The third-order valence-electron chi connectivity index (χ3n) is 6.23. The van der Waals surface area contributed by atoms with Crippen molar-refractivity contribution in [2.75, 3.05) is 33.2 Å². The molecule has 0 aromatic heterocycles. The van der Waals surface area contributed by atoms with Gasteiger partial charge in [-0.1, -0.05) is 0 Å². The molecule has 0 spiro atoms. The largest absolute Gasteiger partial charge is 0.340 e. The number of carbonyl (C=O) groups is 1. The predicted octanol–water partition coefficient (Wildman–Crippen LogP) is 2.34. The Morgan fingerprint density at radius 1 is 1.05 bits per heavy atom. The predicted molar refractivity (Wildman–Crippen MR) is 79.8 cm³/mol. The Labute approximate surface area is 126 Å². The standard InChI is InChI=1S/C16H25ClN2O/c1-18-2-4-19(5-3-18)14(20)15-7-12-6-13(8-15)10-16(17,9-12)11-15/h12-13H,2-11H2,1H3/t12-,13-,15?,16?/m0/s1. The zero-order chi connectivity index (χ0) is 14.0. The zero-order valence-corrected chi connectivity index (χ0v) is 13.2. The molecular weight excluding hydrogens is 272 g/mol. The molecule has 4 aliphatic carbocycles. The van der Waals surface area contributed by atoms with Gasteiger partial charge in [0.25, 0.3) is 0 Å². The monoisotopic (exact) mass is 296 g/mol. The Morgan fingerprint density at radius 2 is 1.65 bits per heavy atom. The second-order valence-corrected chi connectivity index (χ2v) is 8.79. The van der Waals surface area contributed by atoms with E-state index in [1.54, 1.807) is 0 Å². The lowest BCUT2D eigenvalue weighted by molar-refractivity contribution is -0.157. The van der Waals surface area contributed by atoms with Crippen molar-refractivity contribution in [3.05, 3.63) is 0 Å². The number of alkyl halides is 1. The second-order valence-electron chi connectivity index (χ2n) is 7.99. The minimum Gasteiger partial charge on any atom is -0.340 e. The van der Waals surface area contributed by atoms with E-state index in [0.717, 1.165) is 58.3 Å². The maximum Gasteiger partial charge on any atom is 0.228 e. The van der Waals surface area contributed by atoms with Crippen LogP contribution in [0.15, 0.2) is 0 Å². The number of hydrogen-bond donors (Lipinski definition) is 0. The smallest absolute Gasteiger partial charge is 0.228 e. The molecule has 1 saturated heterocycles. The first-order valence-corrected chi connectivity index (χ1v) is 8.53. The fourth-order valence-electron chi connectivity index (χ4n) is 5.75. The number of halogens is 1. The summed E-state index contributed by atoms with van der Waals surface area (Å²) in [5.74, 6) is 1.86. The molecule has 4 bridgehead atoms. The van der Waals surface area contributed by atoms with E-state index in [2.05, 4.69) is 16.8 Å². The van der Waals surface area contributed by atoms with Crippen molar-refractivity contribution in [2.45, 2.75) is 43.4 Å². The first-order valence-electron chi connectivity index (χ1n) is 8.15. The fourth-order valence-corrected chi connectivity index (χ4v) is 6.44. The number of rotatable bonds is 1. The van der Waals surface area contributed by atoms with Crippen molar-refractivity contribution in [3.8, 4) is 0 Å². The highest BCUT2D eigenvalue weighted by atomic mass is 35.5. The normalized spacial score (nSPS) is 47.8. The minimum atomic E-state index is -0.0955. The number of likely N-dealkylation sites (N-methyl/N-ethyl adjacent to an activating group) is 1. The molecule has 0 N–H and O–H groups in total. The van der Waals surface area contributed by atoms with Gasteiger partial charge in [0.15, 0.2) is 0 Å². The Morgan fingerprint density at radius 3 is 2.20 bits per heavy atom. The third-order valence-corrected chi connectivity index (χ3v) is 6.68. The number of piperazine rings is 1. The van der Waals surface area contributed by atoms with Crippen LogP contribution in [0.3, 0.4) is 0 Å². The van der Waals surface area contributed by atoms with Gasteiger partial charge in [0.2, 0.25) is 5.91 Å². The van der Waals surface area contributed by atoms with Gasteiger partial charge >= 0.3 is 0 Å². The maximum absolute atomic E-state index is 13.1. The van der Waals surface area contributed by atoms with Gasteiger partial charge in [-0.3, -0.25) is 4.79 Å². The molecule has 4 heteroatoms. The van der Waals surface area contributed by atoms with E-state index >= 15 is 0 Å². The molecule has 4 saturated carbocycles. The Balaban J connectivity index is 1.56. The number of hydrogen-bond acceptors (Lipinski definition) is 2. The van der Waals surface area contributed by atoms with Crippen molar-refractivity contribution in [1.82, 2.24) is 9.80 Å². The summed E-state index contributed by atoms with van der Waals surface area (Å²) < 4.78 is 0. The van der Waals surface area contributed by atoms with Gasteiger partial charge in [-0.15, -0.1) is 11.6 Å². The van der Waals surface area contributed by atoms with Crippen LogP contribution in [0, 0.1) is 17.3 Å². The molecule has 5 fully saturated rings. The van der Waals surface area contributed by atoms with Crippen molar-refractivity contribution in [3.63, 3.8) is 0 Å². The van der Waals surface area contributed by atoms with Crippen molar-refractivity contribution < 1.29 is 4.79 Å². The van der Waals surface area contributed by atoms with Crippen molar-refractivity contribution in [2.24, 2.45) is 17.3 Å². The molecule has 1 heterocycles. The van der Waals surface area contributed by atoms with Crippen LogP contribution in [0.4, 0.5) is 0 Å². The van der Waals surface area contributed by atoms with Gasteiger partial charge in [-0.2, -0.15) is 0 Å². The average molecular weight is 297 g/mol. The molecule has 112 valence electrons. The molecule has 5 rings (SSSR count). The summed E-state index contributed by atoms with van der Waals surface area (Å²) in [6, 6.07) is 0. The summed E-state index contributed by atoms with van der Waals surface area (Å²) in [6.07, 6.45) is 6.81. The fraction of sp³-hybridized carbons (Fsp3) is 0.938. The molecular formula is C16H25ClN2O. The average Bonchev–Trinajstić information content (AvgIpc) is 2.36. The third kappa shape index (κ3) is 2.00. The van der Waals surface area contributed by atoms with E-state index in [0.29, 0.717) is 17.7 Å². The molecule has 0 unspecified atom stereocenters. The van der Waals surface area contributed by atoms with E-state index in [4.69, 9.17) is 11.6 Å². The summed E-state index contributed by atoms with van der Waals surface area (Å²) in [6.45, 7) is 3.84. The molecule has 2 atom stereocenters. The van der Waals surface area contributed by atoms with Crippen LogP contribution >= 0.6 is 11.6 Å². The zero-order valence-electron chi connectivity index (χ0n) is 12.4. The van der Waals surface area contributed by atoms with Gasteiger partial charge in [-0.05, 0) is 57.4 Å². The van der Waals surface area contributed by atoms with Gasteiger partial charge in [0, 0.05) is 31.1 Å². The lowest BCUT2D eigenvalue weighted by Gasteiger charge is -2.60. The second kappa shape index (κ2) is 4.36. The van der Waals surface area contributed by atoms with Gasteiger partial charge in [-0.25, -0.2) is 0 Å². The highest BCUT2D eigenvalue weighted by Gasteiger charge is 2.60. The summed E-state index contributed by atoms with van der Waals surface area (Å²) >= 11 is 6.85. The molecule has 1 amide bonds. The molecule has 0 radical (unpaired) electrons. The van der Waals surface area contributed by atoms with Crippen LogP contribution in [-0.2, 0) is 4.79 Å². The SMILES string of the molecule is CN1CCN(C(=O)C23C[C@@H]4C[C@H](CC(Cl)(C4)C2)C3)CC1. The Bertz CT molecular complexity index is 416. The highest BCUT2D eigenvalue weighted by molar-refractivity contribution is 6.24. The van der Waals surface area contributed by atoms with E-state index in [1.165, 1.54) is 6.42 Å². The minimum absolute atomic E-state index is 0.0493. The quantitative estimate of drug-likeness (QED) is 0.694. The maximum atomic E-state index is 13.1. The van der Waals surface area contributed by atoms with Crippen LogP contribution in [0.2, 0.25) is 0 Å². The van der Waals surface area contributed by atoms with Crippen molar-refractivity contribution in [1.29, 1.82) is 0 Å². The first kappa shape index (κ1) is 13.4. The molecule has 5 aliphatic rings. The number of nitrogens with zero attached hydrogens (tertiary/aromatic N) is 2. The summed E-state index contributed by atoms with van der Waals surface area (Å²) in [5, 5.41) is 0. The van der Waals surface area contributed by atoms with Crippen molar-refractivity contribution >= 4 is 17.5 Å². The van der Waals surface area contributed by atoms with Crippen LogP contribution < -0.4 is 0 Å². The summed E-state index contributed by atoms with van der Waals surface area (Å²) in [4.78, 5) is 17.5. The van der Waals surface area contributed by atoms with Crippen LogP contribution in [0.5, 0.6) is 0 Å². The van der Waals surface area contributed by atoms with E-state index in [1.807, 2.05) is 0 Å². The van der Waals surface area contributed by atoms with E-state index < -0.39 is 0 Å².